The van der Waals surface area contributed by atoms with Crippen LogP contribution in [0.25, 0.3) is 21.9 Å². The van der Waals surface area contributed by atoms with Crippen molar-refractivity contribution in [2.75, 3.05) is 18.4 Å². The number of primary amides is 1. The summed E-state index contributed by atoms with van der Waals surface area (Å²) < 4.78 is 1.87. The summed E-state index contributed by atoms with van der Waals surface area (Å²) in [7, 11) is 0. The molecule has 3 aromatic heterocycles. The van der Waals surface area contributed by atoms with Gasteiger partial charge >= 0.3 is 6.03 Å². The molecule has 6 N–H and O–H groups in total. The van der Waals surface area contributed by atoms with Crippen LogP contribution in [-0.2, 0) is 19.5 Å². The predicted molar refractivity (Wildman–Crippen MR) is 140 cm³/mol. The summed E-state index contributed by atoms with van der Waals surface area (Å²) >= 11 is 0. The first-order chi connectivity index (χ1) is 17.9. The molecular formula is C25H31N9O3. The normalized spacial score (nSPS) is 14.4. The van der Waals surface area contributed by atoms with Crippen molar-refractivity contribution in [1.29, 1.82) is 0 Å². The fourth-order valence-electron chi connectivity index (χ4n) is 4.95. The number of hydrogen-bond donors (Lipinski definition) is 5. The molecule has 1 aliphatic rings. The van der Waals surface area contributed by atoms with Crippen LogP contribution in [0.15, 0.2) is 29.2 Å². The lowest BCUT2D eigenvalue weighted by Gasteiger charge is -2.32. The molecule has 194 valence electrons. The highest BCUT2D eigenvalue weighted by Crippen LogP contribution is 2.31. The standard InChI is InChI=1S/C25H31N9O3/c1-3-19-17(12-27-23(35)14-5-6-16-20(11-14)31-32-24(16)36)21(18-13-28-34(4-2)22(18)30-19)29-15-7-9-33(10-8-15)25(26)37/h5-6,11,13,15H,3-4,7-10,12H2,1-2H3,(H2,26,37)(H,27,35)(H,29,30)(H2,31,32,36). The number of H-pyrrole nitrogens is 2. The zero-order valence-corrected chi connectivity index (χ0v) is 20.9. The van der Waals surface area contributed by atoms with Gasteiger partial charge in [0.05, 0.1) is 28.2 Å². The van der Waals surface area contributed by atoms with Gasteiger partial charge in [0.2, 0.25) is 0 Å². The number of nitrogens with one attached hydrogen (secondary N) is 4. The molecule has 4 aromatic rings. The largest absolute Gasteiger partial charge is 0.381 e. The van der Waals surface area contributed by atoms with Gasteiger partial charge in [-0.1, -0.05) is 6.92 Å². The summed E-state index contributed by atoms with van der Waals surface area (Å²) in [6.07, 6.45) is 4.02. The molecule has 0 radical (unpaired) electrons. The molecule has 12 heteroatoms. The Morgan fingerprint density at radius 2 is 1.95 bits per heavy atom. The first-order valence-electron chi connectivity index (χ1n) is 12.6. The molecule has 0 atom stereocenters. The number of benzene rings is 1. The van der Waals surface area contributed by atoms with Crippen molar-refractivity contribution >= 4 is 39.6 Å². The second-order valence-electron chi connectivity index (χ2n) is 9.23. The molecule has 5 rings (SSSR count). The van der Waals surface area contributed by atoms with Gasteiger partial charge in [0.1, 0.15) is 0 Å². The van der Waals surface area contributed by atoms with Crippen LogP contribution >= 0.6 is 0 Å². The van der Waals surface area contributed by atoms with Gasteiger partial charge in [-0.25, -0.2) is 14.5 Å². The van der Waals surface area contributed by atoms with E-state index in [1.165, 1.54) is 0 Å². The Bertz CT molecular complexity index is 1530. The number of fused-ring (bicyclic) bond motifs is 2. The minimum absolute atomic E-state index is 0.137. The minimum atomic E-state index is -0.396. The van der Waals surface area contributed by atoms with Gasteiger partial charge < -0.3 is 21.3 Å². The molecular weight excluding hydrogens is 474 g/mol. The summed E-state index contributed by atoms with van der Waals surface area (Å²) in [6, 6.07) is 4.67. The molecule has 0 spiro atoms. The maximum absolute atomic E-state index is 13.1. The van der Waals surface area contributed by atoms with E-state index in [0.717, 1.165) is 40.8 Å². The second-order valence-corrected chi connectivity index (χ2v) is 9.23. The van der Waals surface area contributed by atoms with Crippen LogP contribution < -0.4 is 21.9 Å². The lowest BCUT2D eigenvalue weighted by molar-refractivity contribution is 0.0951. The fraction of sp³-hybridized carbons (Fsp3) is 0.400. The molecule has 0 unspecified atom stereocenters. The number of likely N-dealkylation sites (tertiary alicyclic amines) is 1. The highest BCUT2D eigenvalue weighted by molar-refractivity contribution is 5.98. The molecule has 3 amide bonds. The number of aromatic amines is 2. The Labute approximate surface area is 212 Å². The SMILES string of the molecule is CCc1nc2c(cnn2CC)c(NC2CCN(C(N)=O)CC2)c1CNC(=O)c1ccc2c(=O)[nH][nH]c2c1. The predicted octanol–water partition coefficient (Wildman–Crippen LogP) is 2.07. The quantitative estimate of drug-likeness (QED) is 0.258. The second kappa shape index (κ2) is 9.96. The Balaban J connectivity index is 1.45. The summed E-state index contributed by atoms with van der Waals surface area (Å²) in [5.74, 6) is -0.254. The van der Waals surface area contributed by atoms with Crippen molar-refractivity contribution in [3.63, 3.8) is 0 Å². The average molecular weight is 506 g/mol. The van der Waals surface area contributed by atoms with E-state index < -0.39 is 6.03 Å². The highest BCUT2D eigenvalue weighted by Gasteiger charge is 2.25. The Hall–Kier alpha value is -4.35. The van der Waals surface area contributed by atoms with Crippen LogP contribution in [0.2, 0.25) is 0 Å². The molecule has 1 fully saturated rings. The topological polar surface area (TPSA) is 167 Å². The Kier molecular flexibility index (Phi) is 6.55. The molecule has 37 heavy (non-hydrogen) atoms. The summed E-state index contributed by atoms with van der Waals surface area (Å²) in [4.78, 5) is 43.0. The molecule has 0 aliphatic carbocycles. The van der Waals surface area contributed by atoms with Crippen LogP contribution in [0.5, 0.6) is 0 Å². The van der Waals surface area contributed by atoms with Gasteiger partial charge in [0.25, 0.3) is 11.5 Å². The fourth-order valence-corrected chi connectivity index (χ4v) is 4.95. The van der Waals surface area contributed by atoms with Gasteiger partial charge in [-0.3, -0.25) is 19.8 Å². The number of hydrogen-bond acceptors (Lipinski definition) is 6. The number of urea groups is 1. The molecule has 0 bridgehead atoms. The van der Waals surface area contributed by atoms with E-state index in [0.29, 0.717) is 42.5 Å². The van der Waals surface area contributed by atoms with Gasteiger partial charge in [-0.05, 0) is 44.4 Å². The van der Waals surface area contributed by atoms with Crippen LogP contribution in [0.1, 0.15) is 48.3 Å². The van der Waals surface area contributed by atoms with Crippen LogP contribution in [-0.4, -0.2) is 60.9 Å². The van der Waals surface area contributed by atoms with Gasteiger partial charge in [0.15, 0.2) is 5.65 Å². The monoisotopic (exact) mass is 505 g/mol. The smallest absolute Gasteiger partial charge is 0.314 e. The molecule has 1 aliphatic heterocycles. The first-order valence-corrected chi connectivity index (χ1v) is 12.6. The lowest BCUT2D eigenvalue weighted by atomic mass is 10.0. The number of nitrogens with zero attached hydrogens (tertiary/aromatic N) is 4. The molecule has 1 aromatic carbocycles. The van der Waals surface area contributed by atoms with Crippen molar-refractivity contribution in [2.24, 2.45) is 5.73 Å². The van der Waals surface area contributed by atoms with Crippen molar-refractivity contribution in [3.8, 4) is 0 Å². The molecule has 4 heterocycles. The van der Waals surface area contributed by atoms with Crippen LogP contribution in [0.3, 0.4) is 0 Å². The van der Waals surface area contributed by atoms with Crippen LogP contribution in [0.4, 0.5) is 10.5 Å². The number of aryl methyl sites for hydroxylation is 2. The van der Waals surface area contributed by atoms with E-state index in [-0.39, 0.29) is 24.1 Å². The summed E-state index contributed by atoms with van der Waals surface area (Å²) in [6.45, 7) is 6.20. The number of nitrogens with two attached hydrogens (primary N) is 1. The summed E-state index contributed by atoms with van der Waals surface area (Å²) in [5.41, 5.74) is 9.75. The van der Waals surface area contributed by atoms with Crippen molar-refractivity contribution in [3.05, 3.63) is 51.6 Å². The number of aromatic nitrogens is 5. The van der Waals surface area contributed by atoms with Gasteiger partial charge in [0, 0.05) is 49.0 Å². The van der Waals surface area contributed by atoms with E-state index >= 15 is 0 Å². The number of carbonyl (C=O) groups excluding carboxylic acids is 2. The van der Waals surface area contributed by atoms with E-state index in [1.807, 2.05) is 24.7 Å². The number of piperidine rings is 1. The zero-order chi connectivity index (χ0) is 26.1. The van der Waals surface area contributed by atoms with Crippen LogP contribution in [0, 0.1) is 0 Å². The average Bonchev–Trinajstić information content (AvgIpc) is 3.50. The maximum Gasteiger partial charge on any atom is 0.314 e. The summed E-state index contributed by atoms with van der Waals surface area (Å²) in [5, 5.41) is 17.9. The van der Waals surface area contributed by atoms with E-state index in [9.17, 15) is 14.4 Å². The van der Waals surface area contributed by atoms with Crippen molar-refractivity contribution in [1.82, 2.24) is 35.2 Å². The van der Waals surface area contributed by atoms with E-state index in [1.54, 1.807) is 23.1 Å². The minimum Gasteiger partial charge on any atom is -0.381 e. The number of carbonyl (C=O) groups is 2. The third-order valence-electron chi connectivity index (χ3n) is 7.02. The lowest BCUT2D eigenvalue weighted by Crippen LogP contribution is -2.44. The Morgan fingerprint density at radius 1 is 1.16 bits per heavy atom. The number of pyridine rings is 1. The third kappa shape index (κ3) is 4.61. The van der Waals surface area contributed by atoms with Gasteiger partial charge in [-0.15, -0.1) is 0 Å². The van der Waals surface area contributed by atoms with E-state index in [2.05, 4.69) is 25.9 Å². The zero-order valence-electron chi connectivity index (χ0n) is 20.9. The number of rotatable bonds is 7. The molecule has 12 nitrogen and oxygen atoms in total. The van der Waals surface area contributed by atoms with Gasteiger partial charge in [-0.2, -0.15) is 5.10 Å². The van der Waals surface area contributed by atoms with Crippen molar-refractivity contribution < 1.29 is 9.59 Å². The molecule has 1 saturated heterocycles. The number of anilines is 1. The molecule has 0 saturated carbocycles. The third-order valence-corrected chi connectivity index (χ3v) is 7.02. The van der Waals surface area contributed by atoms with Crippen molar-refractivity contribution in [2.45, 2.75) is 52.2 Å². The maximum atomic E-state index is 13.1. The highest BCUT2D eigenvalue weighted by atomic mass is 16.2. The Morgan fingerprint density at radius 3 is 2.65 bits per heavy atom. The number of amides is 3. The van der Waals surface area contributed by atoms with E-state index in [4.69, 9.17) is 10.7 Å². The first kappa shape index (κ1) is 24.3.